The second-order valence-electron chi connectivity index (χ2n) is 6.07. The smallest absolute Gasteiger partial charge is 0.261 e. The molecule has 1 N–H and O–H groups in total. The van der Waals surface area contributed by atoms with Crippen LogP contribution < -0.4 is 14.8 Å². The molecule has 3 rings (SSSR count). The van der Waals surface area contributed by atoms with E-state index in [4.69, 9.17) is 14.7 Å². The number of hydrogen-bond donors (Lipinski definition) is 1. The number of amides is 1. The second kappa shape index (κ2) is 7.27. The van der Waals surface area contributed by atoms with Gasteiger partial charge in [0, 0.05) is 12.0 Å². The third-order valence-electron chi connectivity index (χ3n) is 4.34. The molecule has 2 aromatic carbocycles. The third kappa shape index (κ3) is 3.74. The van der Waals surface area contributed by atoms with Gasteiger partial charge < -0.3 is 14.8 Å². The van der Waals surface area contributed by atoms with Crippen molar-refractivity contribution in [2.45, 2.75) is 31.4 Å². The molecule has 128 valence electrons. The lowest BCUT2D eigenvalue weighted by Crippen LogP contribution is -2.38. The lowest BCUT2D eigenvalue weighted by molar-refractivity contribution is -0.127. The Morgan fingerprint density at radius 1 is 1.20 bits per heavy atom. The molecule has 0 unspecified atom stereocenters. The van der Waals surface area contributed by atoms with E-state index in [2.05, 4.69) is 11.4 Å². The highest BCUT2D eigenvalue weighted by molar-refractivity contribution is 5.81. The molecule has 1 saturated carbocycles. The summed E-state index contributed by atoms with van der Waals surface area (Å²) in [6.07, 6.45) is 0.210. The molecule has 1 aliphatic carbocycles. The molecular formula is C20H20N2O3. The Labute approximate surface area is 147 Å². The quantitative estimate of drug-likeness (QED) is 0.880. The summed E-state index contributed by atoms with van der Waals surface area (Å²) in [4.78, 5) is 12.4. The Bertz CT molecular complexity index is 813. The Morgan fingerprint density at radius 2 is 1.88 bits per heavy atom. The molecule has 0 bridgehead atoms. The van der Waals surface area contributed by atoms with Gasteiger partial charge in [0.15, 0.2) is 6.10 Å². The topological polar surface area (TPSA) is 71.3 Å². The maximum Gasteiger partial charge on any atom is 0.261 e. The highest BCUT2D eigenvalue weighted by Gasteiger charge is 2.41. The van der Waals surface area contributed by atoms with Gasteiger partial charge in [0.2, 0.25) is 0 Å². The van der Waals surface area contributed by atoms with Crippen molar-refractivity contribution in [1.82, 2.24) is 5.32 Å². The molecule has 1 aliphatic rings. The maximum atomic E-state index is 12.4. The zero-order valence-corrected chi connectivity index (χ0v) is 14.2. The summed E-state index contributed by atoms with van der Waals surface area (Å²) in [5.74, 6) is 1.34. The van der Waals surface area contributed by atoms with Crippen LogP contribution in [0.1, 0.15) is 30.4 Å². The van der Waals surface area contributed by atoms with E-state index in [1.54, 1.807) is 38.3 Å². The van der Waals surface area contributed by atoms with E-state index in [1.807, 2.05) is 24.3 Å². The highest BCUT2D eigenvalue weighted by Crippen LogP contribution is 2.44. The summed E-state index contributed by atoms with van der Waals surface area (Å²) in [5.41, 5.74) is 1.53. The summed E-state index contributed by atoms with van der Waals surface area (Å²) in [6.45, 7) is 1.68. The number of ether oxygens (including phenoxy) is 2. The summed E-state index contributed by atoms with van der Waals surface area (Å²) in [7, 11) is 1.65. The molecule has 0 aromatic heterocycles. The number of nitrogens with one attached hydrogen (secondary N) is 1. The first-order valence-electron chi connectivity index (χ1n) is 8.23. The minimum Gasteiger partial charge on any atom is -0.496 e. The lowest BCUT2D eigenvalue weighted by Gasteiger charge is -2.15. The van der Waals surface area contributed by atoms with Gasteiger partial charge in [-0.1, -0.05) is 30.3 Å². The van der Waals surface area contributed by atoms with Crippen molar-refractivity contribution in [2.75, 3.05) is 7.11 Å². The van der Waals surface area contributed by atoms with Crippen molar-refractivity contribution in [3.8, 4) is 17.6 Å². The van der Waals surface area contributed by atoms with Crippen molar-refractivity contribution in [2.24, 2.45) is 0 Å². The number of hydrogen-bond acceptors (Lipinski definition) is 4. The molecule has 0 radical (unpaired) electrons. The van der Waals surface area contributed by atoms with E-state index in [0.717, 1.165) is 17.7 Å². The lowest BCUT2D eigenvalue weighted by atomic mass is 10.1. The number of nitrogens with zero attached hydrogens (tertiary/aromatic N) is 1. The zero-order chi connectivity index (χ0) is 17.8. The minimum atomic E-state index is -0.673. The summed E-state index contributed by atoms with van der Waals surface area (Å²) in [6, 6.07) is 16.9. The fourth-order valence-electron chi connectivity index (χ4n) is 2.88. The highest BCUT2D eigenvalue weighted by atomic mass is 16.5. The molecule has 2 aromatic rings. The second-order valence-corrected chi connectivity index (χ2v) is 6.07. The number of methoxy groups -OCH3 is 1. The standard InChI is InChI=1S/C20H20N2O3/c1-13(25-18-9-5-3-7-14(18)12-21)20(23)22-17-11-16(17)15-8-4-6-10-19(15)24-2/h3-10,13,16-17H,11H2,1-2H3,(H,22,23)/t13-,16-,17+/m0/s1. The van der Waals surface area contributed by atoms with Crippen LogP contribution in [0.2, 0.25) is 0 Å². The Hall–Kier alpha value is -3.00. The number of carbonyl (C=O) groups excluding carboxylic acids is 1. The number of benzene rings is 2. The van der Waals surface area contributed by atoms with Crippen LogP contribution in [0, 0.1) is 11.3 Å². The molecule has 1 amide bonds. The molecule has 0 spiro atoms. The van der Waals surface area contributed by atoms with Crippen LogP contribution in [-0.2, 0) is 4.79 Å². The first kappa shape index (κ1) is 16.8. The predicted molar refractivity (Wildman–Crippen MR) is 93.5 cm³/mol. The third-order valence-corrected chi connectivity index (χ3v) is 4.34. The van der Waals surface area contributed by atoms with Crippen molar-refractivity contribution in [1.29, 1.82) is 5.26 Å². The van der Waals surface area contributed by atoms with Crippen LogP contribution in [0.15, 0.2) is 48.5 Å². The van der Waals surface area contributed by atoms with Crippen molar-refractivity contribution in [3.05, 3.63) is 59.7 Å². The SMILES string of the molecule is COc1ccccc1[C@@H]1C[C@H]1NC(=O)[C@H](C)Oc1ccccc1C#N. The normalized spacial score (nSPS) is 19.4. The van der Waals surface area contributed by atoms with Gasteiger partial charge in [-0.15, -0.1) is 0 Å². The average Bonchev–Trinajstić information content (AvgIpc) is 3.40. The summed E-state index contributed by atoms with van der Waals surface area (Å²) >= 11 is 0. The largest absolute Gasteiger partial charge is 0.496 e. The van der Waals surface area contributed by atoms with Crippen LogP contribution >= 0.6 is 0 Å². The van der Waals surface area contributed by atoms with Crippen molar-refractivity contribution < 1.29 is 14.3 Å². The number of carbonyl (C=O) groups is 1. The Morgan fingerprint density at radius 3 is 2.60 bits per heavy atom. The van der Waals surface area contributed by atoms with Gasteiger partial charge in [-0.3, -0.25) is 4.79 Å². The van der Waals surface area contributed by atoms with Crippen LogP contribution in [0.4, 0.5) is 0 Å². The van der Waals surface area contributed by atoms with E-state index < -0.39 is 6.10 Å². The predicted octanol–water partition coefficient (Wildman–Crippen LogP) is 3.01. The average molecular weight is 336 g/mol. The molecular weight excluding hydrogens is 316 g/mol. The van der Waals surface area contributed by atoms with E-state index >= 15 is 0 Å². The first-order chi connectivity index (χ1) is 12.1. The fourth-order valence-corrected chi connectivity index (χ4v) is 2.88. The summed E-state index contributed by atoms with van der Waals surface area (Å²) in [5, 5.41) is 12.1. The molecule has 1 fully saturated rings. The first-order valence-corrected chi connectivity index (χ1v) is 8.23. The maximum absolute atomic E-state index is 12.4. The molecule has 5 nitrogen and oxygen atoms in total. The molecule has 25 heavy (non-hydrogen) atoms. The van der Waals surface area contributed by atoms with Crippen molar-refractivity contribution >= 4 is 5.91 Å². The van der Waals surface area contributed by atoms with Crippen molar-refractivity contribution in [3.63, 3.8) is 0 Å². The molecule has 5 heteroatoms. The van der Waals surface area contributed by atoms with Gasteiger partial charge in [0.1, 0.15) is 17.6 Å². The van der Waals surface area contributed by atoms with E-state index in [9.17, 15) is 4.79 Å². The van der Waals surface area contributed by atoms with Crippen LogP contribution in [0.5, 0.6) is 11.5 Å². The minimum absolute atomic E-state index is 0.0843. The van der Waals surface area contributed by atoms with Crippen LogP contribution in [-0.4, -0.2) is 25.2 Å². The molecule has 0 heterocycles. The number of para-hydroxylation sites is 2. The van der Waals surface area contributed by atoms with Gasteiger partial charge in [-0.25, -0.2) is 0 Å². The number of nitriles is 1. The van der Waals surface area contributed by atoms with Crippen LogP contribution in [0.3, 0.4) is 0 Å². The number of rotatable bonds is 6. The zero-order valence-electron chi connectivity index (χ0n) is 14.2. The van der Waals surface area contributed by atoms with Gasteiger partial charge in [-0.2, -0.15) is 5.26 Å². The van der Waals surface area contributed by atoms with E-state index in [0.29, 0.717) is 11.3 Å². The summed E-state index contributed by atoms with van der Waals surface area (Å²) < 4.78 is 11.0. The monoisotopic (exact) mass is 336 g/mol. The van der Waals surface area contributed by atoms with Gasteiger partial charge >= 0.3 is 0 Å². The fraction of sp³-hybridized carbons (Fsp3) is 0.300. The molecule has 0 saturated heterocycles. The van der Waals surface area contributed by atoms with E-state index in [-0.39, 0.29) is 17.9 Å². The van der Waals surface area contributed by atoms with Crippen LogP contribution in [0.25, 0.3) is 0 Å². The van der Waals surface area contributed by atoms with Gasteiger partial charge in [-0.05, 0) is 37.1 Å². The van der Waals surface area contributed by atoms with Gasteiger partial charge in [0.25, 0.3) is 5.91 Å². The molecule has 0 aliphatic heterocycles. The van der Waals surface area contributed by atoms with Gasteiger partial charge in [0.05, 0.1) is 12.7 Å². The molecule has 3 atom stereocenters. The Balaban J connectivity index is 1.59. The van der Waals surface area contributed by atoms with E-state index in [1.165, 1.54) is 0 Å². The Kier molecular flexibility index (Phi) is 4.90.